The number of oxime groups is 1. The second-order valence-corrected chi connectivity index (χ2v) is 5.99. The van der Waals surface area contributed by atoms with Gasteiger partial charge in [-0.15, -0.1) is 0 Å². The molecular weight excluding hydrogens is 388 g/mol. The maximum atomic E-state index is 12.3. The van der Waals surface area contributed by atoms with Gasteiger partial charge < -0.3 is 15.3 Å². The van der Waals surface area contributed by atoms with Gasteiger partial charge in [-0.1, -0.05) is 52.3 Å². The van der Waals surface area contributed by atoms with Gasteiger partial charge in [-0.3, -0.25) is 4.79 Å². The first-order valence-corrected chi connectivity index (χ1v) is 8.37. The van der Waals surface area contributed by atoms with Crippen molar-refractivity contribution in [1.82, 2.24) is 0 Å². The van der Waals surface area contributed by atoms with Gasteiger partial charge in [0, 0.05) is 16.5 Å². The SMILES string of the molecule is CCC(=O)Nc1ccccc1C(=O)OC/C(=N/O)c1ccc(Br)cc1. The van der Waals surface area contributed by atoms with E-state index >= 15 is 0 Å². The van der Waals surface area contributed by atoms with E-state index in [0.717, 1.165) is 4.47 Å². The summed E-state index contributed by atoms with van der Waals surface area (Å²) < 4.78 is 6.11. The van der Waals surface area contributed by atoms with Crippen LogP contribution in [-0.2, 0) is 9.53 Å². The van der Waals surface area contributed by atoms with E-state index in [0.29, 0.717) is 17.7 Å². The quantitative estimate of drug-likeness (QED) is 0.331. The first-order valence-electron chi connectivity index (χ1n) is 7.58. The molecule has 0 aromatic heterocycles. The smallest absolute Gasteiger partial charge is 0.340 e. The van der Waals surface area contributed by atoms with Crippen molar-refractivity contribution >= 4 is 39.2 Å². The molecular formula is C18H17BrN2O4. The van der Waals surface area contributed by atoms with Crippen LogP contribution in [0.5, 0.6) is 0 Å². The number of carbonyl (C=O) groups excluding carboxylic acids is 2. The van der Waals surface area contributed by atoms with Crippen molar-refractivity contribution in [2.24, 2.45) is 5.16 Å². The minimum atomic E-state index is -0.620. The summed E-state index contributed by atoms with van der Waals surface area (Å²) in [6.07, 6.45) is 0.300. The molecule has 0 saturated heterocycles. The second-order valence-electron chi connectivity index (χ2n) is 5.08. The second kappa shape index (κ2) is 8.98. The number of para-hydroxylation sites is 1. The molecule has 0 spiro atoms. The molecule has 0 bridgehead atoms. The highest BCUT2D eigenvalue weighted by Gasteiger charge is 2.15. The molecule has 2 aromatic rings. The molecule has 0 saturated carbocycles. The summed E-state index contributed by atoms with van der Waals surface area (Å²) in [4.78, 5) is 23.9. The molecule has 0 aliphatic rings. The van der Waals surface area contributed by atoms with Crippen molar-refractivity contribution in [3.8, 4) is 0 Å². The minimum absolute atomic E-state index is 0.201. The number of hydrogen-bond donors (Lipinski definition) is 2. The molecule has 2 N–H and O–H groups in total. The van der Waals surface area contributed by atoms with Gasteiger partial charge >= 0.3 is 5.97 Å². The van der Waals surface area contributed by atoms with Crippen molar-refractivity contribution < 1.29 is 19.5 Å². The zero-order valence-corrected chi connectivity index (χ0v) is 15.1. The Bertz CT molecular complexity index is 788. The van der Waals surface area contributed by atoms with E-state index in [2.05, 4.69) is 26.4 Å². The third-order valence-corrected chi connectivity index (χ3v) is 3.91. The molecule has 2 rings (SSSR count). The summed E-state index contributed by atoms with van der Waals surface area (Å²) in [6, 6.07) is 13.6. The lowest BCUT2D eigenvalue weighted by molar-refractivity contribution is -0.115. The number of esters is 1. The summed E-state index contributed by atoms with van der Waals surface area (Å²) in [7, 11) is 0. The number of benzene rings is 2. The first-order chi connectivity index (χ1) is 12.0. The van der Waals surface area contributed by atoms with Crippen LogP contribution in [-0.4, -0.2) is 29.4 Å². The fourth-order valence-corrected chi connectivity index (χ4v) is 2.30. The monoisotopic (exact) mass is 404 g/mol. The van der Waals surface area contributed by atoms with Gasteiger partial charge in [0.2, 0.25) is 5.91 Å². The molecule has 0 radical (unpaired) electrons. The van der Waals surface area contributed by atoms with E-state index in [9.17, 15) is 9.59 Å². The van der Waals surface area contributed by atoms with Crippen LogP contribution in [0, 0.1) is 0 Å². The van der Waals surface area contributed by atoms with Gasteiger partial charge in [-0.25, -0.2) is 4.79 Å². The van der Waals surface area contributed by atoms with Crippen LogP contribution in [0.25, 0.3) is 0 Å². The number of hydrogen-bond acceptors (Lipinski definition) is 5. The molecule has 0 atom stereocenters. The highest BCUT2D eigenvalue weighted by Crippen LogP contribution is 2.17. The summed E-state index contributed by atoms with van der Waals surface area (Å²) in [5.41, 5.74) is 1.46. The number of nitrogens with zero attached hydrogens (tertiary/aromatic N) is 1. The maximum absolute atomic E-state index is 12.3. The summed E-state index contributed by atoms with van der Waals surface area (Å²) in [5, 5.41) is 15.0. The summed E-state index contributed by atoms with van der Waals surface area (Å²) in [6.45, 7) is 1.52. The normalized spacial score (nSPS) is 11.0. The molecule has 6 nitrogen and oxygen atoms in total. The van der Waals surface area contributed by atoms with Crippen LogP contribution in [0.4, 0.5) is 5.69 Å². The minimum Gasteiger partial charge on any atom is -0.455 e. The lowest BCUT2D eigenvalue weighted by Gasteiger charge is -2.11. The third-order valence-electron chi connectivity index (χ3n) is 3.38. The van der Waals surface area contributed by atoms with Crippen molar-refractivity contribution in [3.05, 3.63) is 64.1 Å². The maximum Gasteiger partial charge on any atom is 0.340 e. The Balaban J connectivity index is 2.09. The van der Waals surface area contributed by atoms with Crippen LogP contribution in [0.15, 0.2) is 58.2 Å². The van der Waals surface area contributed by atoms with E-state index in [4.69, 9.17) is 9.94 Å². The number of ether oxygens (including phenoxy) is 1. The van der Waals surface area contributed by atoms with Crippen molar-refractivity contribution in [1.29, 1.82) is 0 Å². The van der Waals surface area contributed by atoms with Crippen LogP contribution < -0.4 is 5.32 Å². The van der Waals surface area contributed by atoms with E-state index in [1.807, 2.05) is 0 Å². The van der Waals surface area contributed by atoms with Gasteiger partial charge in [-0.05, 0) is 24.3 Å². The average Bonchev–Trinajstić information content (AvgIpc) is 2.63. The Morgan fingerprint density at radius 3 is 2.48 bits per heavy atom. The predicted molar refractivity (Wildman–Crippen MR) is 98.1 cm³/mol. The van der Waals surface area contributed by atoms with Gasteiger partial charge in [0.1, 0.15) is 12.3 Å². The van der Waals surface area contributed by atoms with Crippen LogP contribution in [0.2, 0.25) is 0 Å². The third kappa shape index (κ3) is 5.15. The van der Waals surface area contributed by atoms with E-state index in [1.54, 1.807) is 55.5 Å². The van der Waals surface area contributed by atoms with Crippen molar-refractivity contribution in [3.63, 3.8) is 0 Å². The number of anilines is 1. The van der Waals surface area contributed by atoms with Gasteiger partial charge in [0.15, 0.2) is 0 Å². The number of carbonyl (C=O) groups is 2. The molecule has 130 valence electrons. The highest BCUT2D eigenvalue weighted by atomic mass is 79.9. The molecule has 1 amide bonds. The number of nitrogens with one attached hydrogen (secondary N) is 1. The van der Waals surface area contributed by atoms with Crippen LogP contribution >= 0.6 is 15.9 Å². The summed E-state index contributed by atoms with van der Waals surface area (Å²) in [5.74, 6) is -0.821. The van der Waals surface area contributed by atoms with E-state index < -0.39 is 5.97 Å². The lowest BCUT2D eigenvalue weighted by Crippen LogP contribution is -2.18. The molecule has 7 heteroatoms. The zero-order chi connectivity index (χ0) is 18.2. The van der Waals surface area contributed by atoms with Gasteiger partial charge in [0.05, 0.1) is 11.3 Å². The molecule has 0 aliphatic carbocycles. The molecule has 25 heavy (non-hydrogen) atoms. The van der Waals surface area contributed by atoms with E-state index in [-0.39, 0.29) is 23.8 Å². The van der Waals surface area contributed by atoms with Crippen LogP contribution in [0.3, 0.4) is 0 Å². The number of rotatable bonds is 6. The lowest BCUT2D eigenvalue weighted by atomic mass is 10.1. The Morgan fingerprint density at radius 1 is 1.16 bits per heavy atom. The Kier molecular flexibility index (Phi) is 6.71. The number of amides is 1. The fraction of sp³-hybridized carbons (Fsp3) is 0.167. The largest absolute Gasteiger partial charge is 0.455 e. The first kappa shape index (κ1) is 18.7. The summed E-state index contributed by atoms with van der Waals surface area (Å²) >= 11 is 3.32. The molecule has 2 aromatic carbocycles. The van der Waals surface area contributed by atoms with E-state index in [1.165, 1.54) is 0 Å². The van der Waals surface area contributed by atoms with Crippen molar-refractivity contribution in [2.75, 3.05) is 11.9 Å². The predicted octanol–water partition coefficient (Wildman–Crippen LogP) is 3.83. The van der Waals surface area contributed by atoms with Crippen LogP contribution in [0.1, 0.15) is 29.3 Å². The number of halogens is 1. The van der Waals surface area contributed by atoms with Gasteiger partial charge in [0.25, 0.3) is 0 Å². The standard InChI is InChI=1S/C18H17BrN2O4/c1-2-17(22)20-15-6-4-3-5-14(15)18(23)25-11-16(21-24)12-7-9-13(19)10-8-12/h3-10,24H,2,11H2,1H3,(H,20,22)/b21-16-. The highest BCUT2D eigenvalue weighted by molar-refractivity contribution is 9.10. The van der Waals surface area contributed by atoms with Crippen molar-refractivity contribution in [2.45, 2.75) is 13.3 Å². The fourth-order valence-electron chi connectivity index (χ4n) is 2.03. The molecule has 0 fully saturated rings. The molecule has 0 unspecified atom stereocenters. The zero-order valence-electron chi connectivity index (χ0n) is 13.5. The topological polar surface area (TPSA) is 88.0 Å². The average molecular weight is 405 g/mol. The Morgan fingerprint density at radius 2 is 1.84 bits per heavy atom. The Labute approximate surface area is 153 Å². The molecule has 0 aliphatic heterocycles. The molecule has 0 heterocycles. The van der Waals surface area contributed by atoms with Gasteiger partial charge in [-0.2, -0.15) is 0 Å². The Hall–Kier alpha value is -2.67.